The van der Waals surface area contributed by atoms with Crippen LogP contribution in [0.4, 0.5) is 5.69 Å². The standard InChI is InChI=1S/C20H29N5O3/c1-14-5-15(24-9-20(4,10-24)11-26)6-21-18(14)16-7-25(23-22-16)8-17-27-12-19(2,3)13-28-17/h5-7,17,26H,8-13H2,1-4H3. The number of nitrogens with zero attached hydrogens (tertiary/aromatic N) is 5. The molecule has 0 atom stereocenters. The number of pyridine rings is 1. The maximum Gasteiger partial charge on any atom is 0.177 e. The van der Waals surface area contributed by atoms with Crippen molar-refractivity contribution in [3.63, 3.8) is 0 Å². The molecule has 4 heterocycles. The van der Waals surface area contributed by atoms with Crippen LogP contribution in [0.3, 0.4) is 0 Å². The number of anilines is 1. The number of rotatable bonds is 5. The largest absolute Gasteiger partial charge is 0.396 e. The molecule has 0 aliphatic carbocycles. The molecule has 0 unspecified atom stereocenters. The van der Waals surface area contributed by atoms with Gasteiger partial charge in [-0.1, -0.05) is 26.0 Å². The monoisotopic (exact) mass is 387 g/mol. The summed E-state index contributed by atoms with van der Waals surface area (Å²) >= 11 is 0. The van der Waals surface area contributed by atoms with Crippen LogP contribution < -0.4 is 4.90 Å². The third-order valence-corrected chi connectivity index (χ3v) is 5.39. The Balaban J connectivity index is 1.41. The lowest BCUT2D eigenvalue weighted by molar-refractivity contribution is -0.227. The highest BCUT2D eigenvalue weighted by Gasteiger charge is 2.38. The highest BCUT2D eigenvalue weighted by Crippen LogP contribution is 2.34. The van der Waals surface area contributed by atoms with Gasteiger partial charge in [0.25, 0.3) is 0 Å². The van der Waals surface area contributed by atoms with E-state index in [-0.39, 0.29) is 23.7 Å². The predicted molar refractivity (Wildman–Crippen MR) is 105 cm³/mol. The van der Waals surface area contributed by atoms with E-state index in [1.54, 1.807) is 4.68 Å². The normalized spacial score (nSPS) is 21.5. The van der Waals surface area contributed by atoms with Gasteiger partial charge in [0.2, 0.25) is 0 Å². The Morgan fingerprint density at radius 3 is 2.57 bits per heavy atom. The van der Waals surface area contributed by atoms with Crippen molar-refractivity contribution in [2.24, 2.45) is 10.8 Å². The molecule has 28 heavy (non-hydrogen) atoms. The molecule has 0 bridgehead atoms. The van der Waals surface area contributed by atoms with Gasteiger partial charge < -0.3 is 19.5 Å². The highest BCUT2D eigenvalue weighted by atomic mass is 16.7. The average Bonchev–Trinajstić information content (AvgIpc) is 3.09. The van der Waals surface area contributed by atoms with Crippen molar-refractivity contribution in [3.8, 4) is 11.4 Å². The fourth-order valence-corrected chi connectivity index (χ4v) is 3.64. The van der Waals surface area contributed by atoms with Crippen molar-refractivity contribution in [1.82, 2.24) is 20.0 Å². The molecule has 2 saturated heterocycles. The van der Waals surface area contributed by atoms with Gasteiger partial charge in [-0.05, 0) is 18.6 Å². The smallest absolute Gasteiger partial charge is 0.177 e. The second kappa shape index (κ2) is 7.09. The molecule has 0 spiro atoms. The summed E-state index contributed by atoms with van der Waals surface area (Å²) < 4.78 is 13.3. The fraction of sp³-hybridized carbons (Fsp3) is 0.650. The topological polar surface area (TPSA) is 85.5 Å². The molecular formula is C20H29N5O3. The maximum absolute atomic E-state index is 9.43. The molecule has 2 aromatic rings. The fourth-order valence-electron chi connectivity index (χ4n) is 3.64. The molecule has 0 radical (unpaired) electrons. The highest BCUT2D eigenvalue weighted by molar-refractivity contribution is 5.62. The van der Waals surface area contributed by atoms with Crippen LogP contribution in [0.2, 0.25) is 0 Å². The summed E-state index contributed by atoms with van der Waals surface area (Å²) in [5, 5.41) is 17.9. The van der Waals surface area contributed by atoms with Gasteiger partial charge >= 0.3 is 0 Å². The van der Waals surface area contributed by atoms with Crippen LogP contribution in [0, 0.1) is 17.8 Å². The van der Waals surface area contributed by atoms with Gasteiger partial charge in [0.15, 0.2) is 6.29 Å². The third-order valence-electron chi connectivity index (χ3n) is 5.39. The second-order valence-corrected chi connectivity index (χ2v) is 9.23. The molecule has 2 fully saturated rings. The lowest BCUT2D eigenvalue weighted by atomic mass is 9.82. The molecule has 8 nitrogen and oxygen atoms in total. The van der Waals surface area contributed by atoms with Gasteiger partial charge in [-0.15, -0.1) is 5.10 Å². The summed E-state index contributed by atoms with van der Waals surface area (Å²) in [5.74, 6) is 0. The van der Waals surface area contributed by atoms with Crippen molar-refractivity contribution in [2.75, 3.05) is 37.8 Å². The first-order valence-electron chi connectivity index (χ1n) is 9.73. The number of aryl methyl sites for hydroxylation is 1. The minimum atomic E-state index is -0.300. The Bertz CT molecular complexity index is 834. The summed E-state index contributed by atoms with van der Waals surface area (Å²) in [7, 11) is 0. The van der Waals surface area contributed by atoms with Crippen molar-refractivity contribution in [2.45, 2.75) is 40.5 Å². The van der Waals surface area contributed by atoms with E-state index < -0.39 is 0 Å². The molecule has 2 aromatic heterocycles. The van der Waals surface area contributed by atoms with E-state index in [1.807, 2.05) is 19.3 Å². The number of hydrogen-bond donors (Lipinski definition) is 1. The molecular weight excluding hydrogens is 358 g/mol. The van der Waals surface area contributed by atoms with Crippen molar-refractivity contribution < 1.29 is 14.6 Å². The van der Waals surface area contributed by atoms with E-state index in [0.29, 0.717) is 19.8 Å². The predicted octanol–water partition coefficient (Wildman–Crippen LogP) is 1.87. The van der Waals surface area contributed by atoms with Crippen LogP contribution in [0.25, 0.3) is 11.4 Å². The van der Waals surface area contributed by atoms with Crippen LogP contribution in [0.15, 0.2) is 18.5 Å². The Labute approximate surface area is 165 Å². The van der Waals surface area contributed by atoms with Crippen LogP contribution >= 0.6 is 0 Å². The number of aliphatic hydroxyl groups excluding tert-OH is 1. The third kappa shape index (κ3) is 3.90. The first kappa shape index (κ1) is 19.3. The van der Waals surface area contributed by atoms with Gasteiger partial charge in [-0.25, -0.2) is 4.68 Å². The number of hydrogen-bond acceptors (Lipinski definition) is 7. The van der Waals surface area contributed by atoms with E-state index >= 15 is 0 Å². The van der Waals surface area contributed by atoms with Gasteiger partial charge in [0, 0.05) is 23.9 Å². The number of aromatic nitrogens is 4. The SMILES string of the molecule is Cc1cc(N2CC(C)(CO)C2)cnc1-c1cn(CC2OCC(C)(C)CO2)nn1. The van der Waals surface area contributed by atoms with Crippen LogP contribution in [-0.2, 0) is 16.0 Å². The molecule has 0 amide bonds. The molecule has 4 rings (SSSR count). The molecule has 1 N–H and O–H groups in total. The van der Waals surface area contributed by atoms with Gasteiger partial charge in [0.05, 0.1) is 50.1 Å². The first-order chi connectivity index (χ1) is 13.3. The Morgan fingerprint density at radius 2 is 1.93 bits per heavy atom. The van der Waals surface area contributed by atoms with Gasteiger partial charge in [-0.2, -0.15) is 0 Å². The molecule has 0 saturated carbocycles. The first-order valence-corrected chi connectivity index (χ1v) is 9.73. The quantitative estimate of drug-likeness (QED) is 0.838. The summed E-state index contributed by atoms with van der Waals surface area (Å²) in [4.78, 5) is 6.85. The molecule has 152 valence electrons. The minimum Gasteiger partial charge on any atom is -0.396 e. The van der Waals surface area contributed by atoms with Crippen LogP contribution in [0.1, 0.15) is 26.3 Å². The summed E-state index contributed by atoms with van der Waals surface area (Å²) in [5.41, 5.74) is 3.74. The van der Waals surface area contributed by atoms with E-state index in [1.165, 1.54) is 0 Å². The number of ether oxygens (including phenoxy) is 2. The van der Waals surface area contributed by atoms with Crippen molar-refractivity contribution in [3.05, 3.63) is 24.0 Å². The van der Waals surface area contributed by atoms with Crippen LogP contribution in [-0.4, -0.2) is 64.3 Å². The Kier molecular flexibility index (Phi) is 4.89. The van der Waals surface area contributed by atoms with E-state index in [0.717, 1.165) is 35.7 Å². The zero-order valence-corrected chi connectivity index (χ0v) is 17.1. The molecule has 0 aromatic carbocycles. The van der Waals surface area contributed by atoms with Gasteiger partial charge in [-0.3, -0.25) is 4.98 Å². The maximum atomic E-state index is 9.43. The van der Waals surface area contributed by atoms with E-state index in [4.69, 9.17) is 9.47 Å². The zero-order valence-electron chi connectivity index (χ0n) is 17.1. The lowest BCUT2D eigenvalue weighted by Crippen LogP contribution is -2.56. The summed E-state index contributed by atoms with van der Waals surface area (Å²) in [6.07, 6.45) is 3.45. The minimum absolute atomic E-state index is 0.00620. The second-order valence-electron chi connectivity index (χ2n) is 9.23. The van der Waals surface area contributed by atoms with Crippen molar-refractivity contribution in [1.29, 1.82) is 0 Å². The zero-order chi connectivity index (χ0) is 19.9. The molecule has 8 heteroatoms. The Hall–Kier alpha value is -2.03. The van der Waals surface area contributed by atoms with Crippen LogP contribution in [0.5, 0.6) is 0 Å². The van der Waals surface area contributed by atoms with Gasteiger partial charge in [0.1, 0.15) is 5.69 Å². The summed E-state index contributed by atoms with van der Waals surface area (Å²) in [6.45, 7) is 12.1. The molecule has 2 aliphatic heterocycles. The van der Waals surface area contributed by atoms with E-state index in [2.05, 4.69) is 47.0 Å². The average molecular weight is 387 g/mol. The summed E-state index contributed by atoms with van der Waals surface area (Å²) in [6, 6.07) is 2.12. The van der Waals surface area contributed by atoms with Crippen molar-refractivity contribution >= 4 is 5.69 Å². The van der Waals surface area contributed by atoms with E-state index in [9.17, 15) is 5.11 Å². The number of aliphatic hydroxyl groups is 1. The molecule has 2 aliphatic rings. The Morgan fingerprint density at radius 1 is 1.21 bits per heavy atom. The lowest BCUT2D eigenvalue weighted by Gasteiger charge is -2.48.